The molecule has 0 bridgehead atoms. The summed E-state index contributed by atoms with van der Waals surface area (Å²) in [5.74, 6) is -0.692. The molecule has 23 heavy (non-hydrogen) atoms. The number of aliphatic hydroxyl groups excluding tert-OH is 2. The Hall–Kier alpha value is -2.85. The Balaban J connectivity index is 2.34. The molecule has 0 saturated carbocycles. The summed E-state index contributed by atoms with van der Waals surface area (Å²) in [4.78, 5) is 25.8. The van der Waals surface area contributed by atoms with Gasteiger partial charge in [-0.05, 0) is 0 Å². The number of rotatable bonds is 6. The third kappa shape index (κ3) is 3.33. The van der Waals surface area contributed by atoms with Gasteiger partial charge in [0.05, 0.1) is 0 Å². The van der Waals surface area contributed by atoms with Gasteiger partial charge in [-0.3, -0.25) is 9.36 Å². The normalized spacial score (nSPS) is 20.8. The van der Waals surface area contributed by atoms with Gasteiger partial charge < -0.3 is 31.2 Å². The van der Waals surface area contributed by atoms with Crippen LogP contribution in [0.15, 0.2) is 28.6 Å². The number of hydrogen-bond acceptors (Lipinski definition) is 9. The standard InChI is InChI=1S/C13H16N4O6/c14-3-1-2-7-4-17(13(21)16-11(7)15)12-10(20)9(19)8(23-12)5-22-6-18/h1-2,4,6,10,12,19-20H,3,5,14H2,(H2,15,16,21)/b2-1+/t10?,12-/m1/s1. The maximum Gasteiger partial charge on any atom is 0.352 e. The number of carbonyl (C=O) groups is 1. The molecule has 2 rings (SSSR count). The van der Waals surface area contributed by atoms with Gasteiger partial charge in [0.15, 0.2) is 24.2 Å². The van der Waals surface area contributed by atoms with Crippen LogP contribution in [0.3, 0.4) is 0 Å². The Morgan fingerprint density at radius 2 is 2.26 bits per heavy atom. The Kier molecular flexibility index (Phi) is 4.98. The van der Waals surface area contributed by atoms with Gasteiger partial charge in [-0.2, -0.15) is 4.98 Å². The zero-order chi connectivity index (χ0) is 17.0. The maximum absolute atomic E-state index is 12.0. The second kappa shape index (κ2) is 6.94. The van der Waals surface area contributed by atoms with Crippen molar-refractivity contribution in [3.8, 4) is 0 Å². The number of aromatic nitrogens is 2. The molecule has 0 spiro atoms. The molecule has 0 saturated heterocycles. The summed E-state index contributed by atoms with van der Waals surface area (Å²) in [6.45, 7) is 0.0482. The molecule has 0 aliphatic carbocycles. The highest BCUT2D eigenvalue weighted by atomic mass is 16.6. The molecule has 0 aromatic carbocycles. The fraction of sp³-hybridized carbons (Fsp3) is 0.308. The monoisotopic (exact) mass is 324 g/mol. The van der Waals surface area contributed by atoms with Crippen molar-refractivity contribution in [1.29, 1.82) is 0 Å². The number of nitrogens with zero attached hydrogens (tertiary/aromatic N) is 2. The first-order chi connectivity index (χ1) is 11.0. The van der Waals surface area contributed by atoms with E-state index in [0.717, 1.165) is 4.57 Å². The topological polar surface area (TPSA) is 163 Å². The smallest absolute Gasteiger partial charge is 0.352 e. The van der Waals surface area contributed by atoms with Gasteiger partial charge >= 0.3 is 5.69 Å². The summed E-state index contributed by atoms with van der Waals surface area (Å²) in [6.07, 6.45) is 1.71. The number of hydrogen-bond donors (Lipinski definition) is 4. The van der Waals surface area contributed by atoms with Crippen molar-refractivity contribution in [1.82, 2.24) is 9.55 Å². The van der Waals surface area contributed by atoms with Crippen LogP contribution in [0.5, 0.6) is 0 Å². The van der Waals surface area contributed by atoms with E-state index in [1.807, 2.05) is 0 Å². The van der Waals surface area contributed by atoms with E-state index in [1.54, 1.807) is 12.2 Å². The van der Waals surface area contributed by atoms with Gasteiger partial charge in [-0.15, -0.1) is 0 Å². The number of ether oxygens (including phenoxy) is 2. The SMILES string of the molecule is NC/C=C/c1cn([C@@H]2OC(COC=O)=C(O)C2O)c(=O)nc1N. The van der Waals surface area contributed by atoms with Crippen LogP contribution in [0, 0.1) is 0 Å². The summed E-state index contributed by atoms with van der Waals surface area (Å²) in [5.41, 5.74) is 10.6. The molecule has 1 aliphatic heterocycles. The molecule has 10 nitrogen and oxygen atoms in total. The van der Waals surface area contributed by atoms with Crippen LogP contribution in [0.4, 0.5) is 5.82 Å². The number of nitrogens with two attached hydrogens (primary N) is 2. The molecule has 1 unspecified atom stereocenters. The first-order valence-corrected chi connectivity index (χ1v) is 6.56. The fourth-order valence-corrected chi connectivity index (χ4v) is 2.00. The number of nitrogen functional groups attached to an aromatic ring is 1. The highest BCUT2D eigenvalue weighted by Crippen LogP contribution is 2.30. The summed E-state index contributed by atoms with van der Waals surface area (Å²) in [5, 5.41) is 19.8. The van der Waals surface area contributed by atoms with Gasteiger partial charge in [-0.1, -0.05) is 12.2 Å². The third-order valence-corrected chi connectivity index (χ3v) is 3.10. The first kappa shape index (κ1) is 16.5. The van der Waals surface area contributed by atoms with Crippen LogP contribution < -0.4 is 17.2 Å². The number of carbonyl (C=O) groups excluding carboxylic acids is 1. The number of aliphatic hydroxyl groups is 2. The molecule has 124 valence electrons. The molecule has 6 N–H and O–H groups in total. The van der Waals surface area contributed by atoms with Crippen LogP contribution in [-0.2, 0) is 14.3 Å². The Morgan fingerprint density at radius 1 is 1.52 bits per heavy atom. The summed E-state index contributed by atoms with van der Waals surface area (Å²) in [6, 6.07) is 0. The maximum atomic E-state index is 12.0. The lowest BCUT2D eigenvalue weighted by atomic mass is 10.2. The molecule has 10 heteroatoms. The van der Waals surface area contributed by atoms with Gasteiger partial charge in [0, 0.05) is 18.3 Å². The fourth-order valence-electron chi connectivity index (χ4n) is 2.00. The van der Waals surface area contributed by atoms with Crippen molar-refractivity contribution in [2.24, 2.45) is 5.73 Å². The van der Waals surface area contributed by atoms with Crippen molar-refractivity contribution >= 4 is 18.4 Å². The lowest BCUT2D eigenvalue weighted by Gasteiger charge is -2.18. The molecular weight excluding hydrogens is 308 g/mol. The van der Waals surface area contributed by atoms with Crippen molar-refractivity contribution in [3.63, 3.8) is 0 Å². The van der Waals surface area contributed by atoms with Crippen molar-refractivity contribution in [3.05, 3.63) is 39.8 Å². The van der Waals surface area contributed by atoms with Crippen LogP contribution in [0.25, 0.3) is 6.08 Å². The Bertz CT molecular complexity index is 711. The average Bonchev–Trinajstić information content (AvgIpc) is 2.80. The predicted octanol–water partition coefficient (Wildman–Crippen LogP) is -1.37. The first-order valence-electron chi connectivity index (χ1n) is 6.56. The second-order valence-corrected chi connectivity index (χ2v) is 4.58. The zero-order valence-electron chi connectivity index (χ0n) is 12.0. The lowest BCUT2D eigenvalue weighted by Crippen LogP contribution is -2.33. The van der Waals surface area contributed by atoms with Crippen molar-refractivity contribution < 1.29 is 24.5 Å². The highest BCUT2D eigenvalue weighted by molar-refractivity contribution is 5.59. The van der Waals surface area contributed by atoms with Crippen LogP contribution >= 0.6 is 0 Å². The minimum atomic E-state index is -1.52. The van der Waals surface area contributed by atoms with Gasteiger partial charge in [0.25, 0.3) is 6.47 Å². The minimum absolute atomic E-state index is 0.00914. The van der Waals surface area contributed by atoms with Crippen LogP contribution in [0.1, 0.15) is 11.8 Å². The molecule has 1 aromatic heterocycles. The lowest BCUT2D eigenvalue weighted by molar-refractivity contribution is -0.129. The molecule has 0 radical (unpaired) electrons. The molecule has 0 fully saturated rings. The summed E-state index contributed by atoms with van der Waals surface area (Å²) >= 11 is 0. The van der Waals surface area contributed by atoms with E-state index in [0.29, 0.717) is 5.56 Å². The largest absolute Gasteiger partial charge is 0.506 e. The predicted molar refractivity (Wildman–Crippen MR) is 78.8 cm³/mol. The number of anilines is 1. The van der Waals surface area contributed by atoms with Crippen molar-refractivity contribution in [2.75, 3.05) is 18.9 Å². The Labute approximate surface area is 130 Å². The van der Waals surface area contributed by atoms with Gasteiger partial charge in [-0.25, -0.2) is 4.79 Å². The summed E-state index contributed by atoms with van der Waals surface area (Å²) < 4.78 is 10.7. The van der Waals surface area contributed by atoms with E-state index < -0.39 is 23.8 Å². The minimum Gasteiger partial charge on any atom is -0.506 e. The molecule has 1 aliphatic rings. The highest BCUT2D eigenvalue weighted by Gasteiger charge is 2.38. The molecule has 2 atom stereocenters. The quantitative estimate of drug-likeness (QED) is 0.462. The molecular formula is C13H16N4O6. The van der Waals surface area contributed by atoms with E-state index in [2.05, 4.69) is 9.72 Å². The van der Waals surface area contributed by atoms with Gasteiger partial charge in [0.1, 0.15) is 5.82 Å². The third-order valence-electron chi connectivity index (χ3n) is 3.10. The van der Waals surface area contributed by atoms with Crippen LogP contribution in [-0.4, -0.2) is 45.5 Å². The van der Waals surface area contributed by atoms with Crippen LogP contribution in [0.2, 0.25) is 0 Å². The zero-order valence-corrected chi connectivity index (χ0v) is 12.0. The molecule has 2 heterocycles. The average molecular weight is 324 g/mol. The van der Waals surface area contributed by atoms with E-state index in [4.69, 9.17) is 16.2 Å². The second-order valence-electron chi connectivity index (χ2n) is 4.58. The van der Waals surface area contributed by atoms with E-state index in [9.17, 15) is 19.8 Å². The van der Waals surface area contributed by atoms with Crippen molar-refractivity contribution in [2.45, 2.75) is 12.3 Å². The Morgan fingerprint density at radius 3 is 2.91 bits per heavy atom. The molecule has 1 aromatic rings. The van der Waals surface area contributed by atoms with Gasteiger partial charge in [0.2, 0.25) is 6.23 Å². The van der Waals surface area contributed by atoms with E-state index in [1.165, 1.54) is 6.20 Å². The van der Waals surface area contributed by atoms with E-state index >= 15 is 0 Å². The molecule has 0 amide bonds. The summed E-state index contributed by atoms with van der Waals surface area (Å²) in [7, 11) is 0. The van der Waals surface area contributed by atoms with E-state index in [-0.39, 0.29) is 31.2 Å².